The summed E-state index contributed by atoms with van der Waals surface area (Å²) in [5.41, 5.74) is 0. The monoisotopic (exact) mass is 321 g/mol. The first-order valence-corrected chi connectivity index (χ1v) is 7.03. The van der Waals surface area contributed by atoms with Crippen LogP contribution in [0, 0.1) is 0 Å². The number of nitrogens with zero attached hydrogens (tertiary/aromatic N) is 1. The van der Waals surface area contributed by atoms with Crippen LogP contribution in [0.25, 0.3) is 0 Å². The zero-order chi connectivity index (χ0) is 16.3. The van der Waals surface area contributed by atoms with Crippen molar-refractivity contribution in [3.8, 4) is 0 Å². The second kappa shape index (κ2) is 7.51. The molecule has 2 heterocycles. The Kier molecular flexibility index (Phi) is 5.92. The molecule has 0 spiro atoms. The molecule has 22 heavy (non-hydrogen) atoms. The number of aliphatic imine (C=N–C) groups is 1. The highest BCUT2D eigenvalue weighted by Crippen LogP contribution is 2.21. The van der Waals surface area contributed by atoms with Crippen molar-refractivity contribution in [3.05, 3.63) is 0 Å². The summed E-state index contributed by atoms with van der Waals surface area (Å²) in [5, 5.41) is 53.9. The summed E-state index contributed by atoms with van der Waals surface area (Å²) in [5.74, 6) is 0.235. The van der Waals surface area contributed by atoms with Crippen molar-refractivity contribution >= 4 is 5.96 Å². The third kappa shape index (κ3) is 3.49. The molecule has 2 aliphatic heterocycles. The Morgan fingerprint density at radius 1 is 1.27 bits per heavy atom. The number of methoxy groups -OCH3 is 1. The second-order valence-electron chi connectivity index (χ2n) is 5.30. The zero-order valence-electron chi connectivity index (χ0n) is 12.2. The van der Waals surface area contributed by atoms with Gasteiger partial charge in [-0.15, -0.1) is 0 Å². The van der Waals surface area contributed by atoms with Gasteiger partial charge >= 0.3 is 0 Å². The van der Waals surface area contributed by atoms with Crippen LogP contribution in [-0.4, -0.2) is 101 Å². The van der Waals surface area contributed by atoms with Gasteiger partial charge in [-0.1, -0.05) is 0 Å². The summed E-state index contributed by atoms with van der Waals surface area (Å²) in [7, 11) is 1.32. The fraction of sp³-hybridized carbons (Fsp3) is 0.917. The molecule has 1 fully saturated rings. The summed E-state index contributed by atoms with van der Waals surface area (Å²) in [6, 6.07) is -1.43. The van der Waals surface area contributed by atoms with Gasteiger partial charge in [0.05, 0.1) is 37.9 Å². The highest BCUT2D eigenvalue weighted by molar-refractivity contribution is 5.81. The molecule has 2 aliphatic rings. The van der Waals surface area contributed by atoms with Crippen LogP contribution in [0.2, 0.25) is 0 Å². The molecule has 2 rings (SSSR count). The quantitative estimate of drug-likeness (QED) is 0.272. The van der Waals surface area contributed by atoms with Crippen LogP contribution >= 0.6 is 0 Å². The third-order valence-electron chi connectivity index (χ3n) is 3.84. The maximum absolute atomic E-state index is 10.2. The van der Waals surface area contributed by atoms with Gasteiger partial charge in [-0.05, 0) is 0 Å². The van der Waals surface area contributed by atoms with Gasteiger partial charge < -0.3 is 45.6 Å². The molecule has 0 aliphatic carbocycles. The standard InChI is InChI=1S/C12H23N3O7/c1-21-11-10(20)9(19)8(7(4-17)22-11)15-12-13-2-6(18)5(3-16)14-12/h5-11,16-20H,2-4H2,1H3,(H2,13,14,15)/t5-,6+,7-,8-,9+,10-,11-/m1/s1. The fourth-order valence-corrected chi connectivity index (χ4v) is 2.50. The maximum atomic E-state index is 10.2. The predicted octanol–water partition coefficient (Wildman–Crippen LogP) is -4.29. The summed E-state index contributed by atoms with van der Waals surface area (Å²) in [6.45, 7) is -0.610. The average Bonchev–Trinajstić information content (AvgIpc) is 2.53. The van der Waals surface area contributed by atoms with Crippen molar-refractivity contribution in [2.24, 2.45) is 4.99 Å². The van der Waals surface area contributed by atoms with E-state index < -0.39 is 49.4 Å². The van der Waals surface area contributed by atoms with Gasteiger partial charge in [-0.3, -0.25) is 4.99 Å². The van der Waals surface area contributed by atoms with E-state index in [0.717, 1.165) is 0 Å². The van der Waals surface area contributed by atoms with Gasteiger partial charge in [0, 0.05) is 7.11 Å². The van der Waals surface area contributed by atoms with E-state index in [1.165, 1.54) is 7.11 Å². The van der Waals surface area contributed by atoms with E-state index in [1.54, 1.807) is 0 Å². The number of guanidine groups is 1. The second-order valence-corrected chi connectivity index (χ2v) is 5.30. The van der Waals surface area contributed by atoms with Crippen molar-refractivity contribution in [2.75, 3.05) is 26.9 Å². The van der Waals surface area contributed by atoms with Crippen LogP contribution in [0.3, 0.4) is 0 Å². The number of hydrogen-bond donors (Lipinski definition) is 7. The molecule has 0 bridgehead atoms. The molecule has 0 aromatic rings. The van der Waals surface area contributed by atoms with E-state index in [-0.39, 0.29) is 19.1 Å². The number of aliphatic hydroxyl groups is 5. The van der Waals surface area contributed by atoms with Crippen LogP contribution in [-0.2, 0) is 9.47 Å². The third-order valence-corrected chi connectivity index (χ3v) is 3.84. The van der Waals surface area contributed by atoms with Gasteiger partial charge in [0.25, 0.3) is 0 Å². The molecule has 0 radical (unpaired) electrons. The lowest BCUT2D eigenvalue weighted by Gasteiger charge is -2.43. The zero-order valence-corrected chi connectivity index (χ0v) is 12.2. The molecule has 7 N–H and O–H groups in total. The van der Waals surface area contributed by atoms with E-state index in [2.05, 4.69) is 15.6 Å². The minimum absolute atomic E-state index is 0.0806. The van der Waals surface area contributed by atoms with E-state index in [4.69, 9.17) is 14.6 Å². The van der Waals surface area contributed by atoms with Crippen LogP contribution < -0.4 is 10.6 Å². The summed E-state index contributed by atoms with van der Waals surface area (Å²) < 4.78 is 10.3. The van der Waals surface area contributed by atoms with E-state index in [9.17, 15) is 20.4 Å². The molecule has 7 atom stereocenters. The Morgan fingerprint density at radius 3 is 2.59 bits per heavy atom. The normalized spacial score (nSPS) is 42.5. The molecule has 0 aromatic heterocycles. The van der Waals surface area contributed by atoms with Crippen LogP contribution in [0.15, 0.2) is 4.99 Å². The molecule has 0 aromatic carbocycles. The van der Waals surface area contributed by atoms with Crippen molar-refractivity contribution in [1.82, 2.24) is 10.6 Å². The smallest absolute Gasteiger partial charge is 0.192 e. The molecular formula is C12H23N3O7. The van der Waals surface area contributed by atoms with E-state index in [0.29, 0.717) is 0 Å². The minimum Gasteiger partial charge on any atom is -0.394 e. The van der Waals surface area contributed by atoms with Crippen molar-refractivity contribution in [2.45, 2.75) is 42.8 Å². The lowest BCUT2D eigenvalue weighted by atomic mass is 9.96. The van der Waals surface area contributed by atoms with Gasteiger partial charge in [-0.2, -0.15) is 0 Å². The Balaban J connectivity index is 2.06. The lowest BCUT2D eigenvalue weighted by molar-refractivity contribution is -0.270. The van der Waals surface area contributed by atoms with Crippen molar-refractivity contribution < 1.29 is 35.0 Å². The molecule has 10 nitrogen and oxygen atoms in total. The topological polar surface area (TPSA) is 156 Å². The first-order chi connectivity index (χ1) is 10.5. The average molecular weight is 321 g/mol. The Labute approximate surface area is 127 Å². The number of hydrogen-bond acceptors (Lipinski definition) is 10. The first kappa shape index (κ1) is 17.3. The highest BCUT2D eigenvalue weighted by atomic mass is 16.7. The Hall–Kier alpha value is -1.01. The van der Waals surface area contributed by atoms with Gasteiger partial charge in [-0.25, -0.2) is 0 Å². The molecular weight excluding hydrogens is 298 g/mol. The van der Waals surface area contributed by atoms with Crippen molar-refractivity contribution in [1.29, 1.82) is 0 Å². The van der Waals surface area contributed by atoms with Gasteiger partial charge in [0.1, 0.15) is 18.3 Å². The molecule has 0 amide bonds. The largest absolute Gasteiger partial charge is 0.394 e. The van der Waals surface area contributed by atoms with Crippen molar-refractivity contribution in [3.63, 3.8) is 0 Å². The molecule has 128 valence electrons. The van der Waals surface area contributed by atoms with Crippen LogP contribution in [0.5, 0.6) is 0 Å². The van der Waals surface area contributed by atoms with Crippen LogP contribution in [0.4, 0.5) is 0 Å². The molecule has 0 unspecified atom stereocenters. The summed E-state index contributed by atoms with van der Waals surface area (Å²) >= 11 is 0. The van der Waals surface area contributed by atoms with E-state index in [1.807, 2.05) is 0 Å². The number of rotatable bonds is 4. The Morgan fingerprint density at radius 2 is 2.00 bits per heavy atom. The minimum atomic E-state index is -1.30. The fourth-order valence-electron chi connectivity index (χ4n) is 2.50. The molecule has 1 saturated heterocycles. The van der Waals surface area contributed by atoms with Gasteiger partial charge in [0.15, 0.2) is 12.2 Å². The Bertz CT molecular complexity index is 395. The number of ether oxygens (including phenoxy) is 2. The summed E-state index contributed by atoms with van der Waals surface area (Å²) in [6.07, 6.45) is -5.25. The highest BCUT2D eigenvalue weighted by Gasteiger charge is 2.45. The predicted molar refractivity (Wildman–Crippen MR) is 74.0 cm³/mol. The molecule has 10 heteroatoms. The lowest BCUT2D eigenvalue weighted by Crippen LogP contribution is -2.67. The molecule has 0 saturated carbocycles. The SMILES string of the molecule is CO[C@@H]1O[C@H](CO)[C@@H](NC2=NC[C@H](O)[C@@H](CO)N2)[C@H](O)[C@H]1O. The van der Waals surface area contributed by atoms with Crippen LogP contribution in [0.1, 0.15) is 0 Å². The summed E-state index contributed by atoms with van der Waals surface area (Å²) in [4.78, 5) is 4.04. The number of aliphatic hydroxyl groups excluding tert-OH is 5. The number of nitrogens with one attached hydrogen (secondary N) is 2. The van der Waals surface area contributed by atoms with E-state index >= 15 is 0 Å². The maximum Gasteiger partial charge on any atom is 0.192 e. The van der Waals surface area contributed by atoms with Gasteiger partial charge in [0.2, 0.25) is 0 Å². The first-order valence-electron chi connectivity index (χ1n) is 7.03.